The van der Waals surface area contributed by atoms with Crippen molar-refractivity contribution in [2.75, 3.05) is 6.54 Å². The summed E-state index contributed by atoms with van der Waals surface area (Å²) in [6.07, 6.45) is 5.04. The summed E-state index contributed by atoms with van der Waals surface area (Å²) in [5.41, 5.74) is 3.22. The molecule has 1 aliphatic rings. The van der Waals surface area contributed by atoms with Gasteiger partial charge >= 0.3 is 0 Å². The van der Waals surface area contributed by atoms with Crippen LogP contribution in [0.25, 0.3) is 11.3 Å². The van der Waals surface area contributed by atoms with Crippen molar-refractivity contribution in [1.29, 1.82) is 0 Å². The average molecular weight is 372 g/mol. The molecule has 0 aliphatic carbocycles. The molecule has 3 amide bonds. The lowest BCUT2D eigenvalue weighted by Crippen LogP contribution is -2.40. The number of rotatable bonds is 5. The number of imide groups is 1. The first-order chi connectivity index (χ1) is 13.6. The summed E-state index contributed by atoms with van der Waals surface area (Å²) in [5, 5.41) is 2.75. The Labute approximate surface area is 161 Å². The molecule has 2 aromatic heterocycles. The van der Waals surface area contributed by atoms with Gasteiger partial charge < -0.3 is 5.32 Å². The first-order valence-corrected chi connectivity index (χ1v) is 8.71. The third-order valence-electron chi connectivity index (χ3n) is 4.47. The Morgan fingerprint density at radius 1 is 0.929 bits per heavy atom. The Morgan fingerprint density at radius 3 is 2.29 bits per heavy atom. The minimum Gasteiger partial charge on any atom is -0.350 e. The number of hydrogen-bond acceptors (Lipinski definition) is 5. The smallest absolute Gasteiger partial charge is 0.262 e. The molecule has 0 bridgehead atoms. The number of carbonyl (C=O) groups excluding carboxylic acids is 3. The maximum absolute atomic E-state index is 12.3. The number of aromatic nitrogens is 2. The number of amides is 3. The highest BCUT2D eigenvalue weighted by molar-refractivity contribution is 6.22. The predicted molar refractivity (Wildman–Crippen MR) is 101 cm³/mol. The van der Waals surface area contributed by atoms with Crippen LogP contribution in [-0.2, 0) is 11.3 Å². The van der Waals surface area contributed by atoms with E-state index in [2.05, 4.69) is 15.3 Å². The molecule has 3 heterocycles. The summed E-state index contributed by atoms with van der Waals surface area (Å²) >= 11 is 0. The number of hydrogen-bond donors (Lipinski definition) is 1. The molecule has 0 fully saturated rings. The Bertz CT molecular complexity index is 1030. The second kappa shape index (κ2) is 7.40. The van der Waals surface area contributed by atoms with Crippen molar-refractivity contribution in [3.05, 3.63) is 83.8 Å². The summed E-state index contributed by atoms with van der Waals surface area (Å²) in [4.78, 5) is 46.2. The van der Waals surface area contributed by atoms with Crippen LogP contribution in [0.5, 0.6) is 0 Å². The minimum atomic E-state index is -0.445. The van der Waals surface area contributed by atoms with E-state index in [9.17, 15) is 14.4 Å². The molecule has 3 aromatic rings. The molecule has 4 rings (SSSR count). The highest BCUT2D eigenvalue weighted by Crippen LogP contribution is 2.22. The number of fused-ring (bicyclic) bond motifs is 1. The molecule has 0 radical (unpaired) electrons. The lowest BCUT2D eigenvalue weighted by atomic mass is 10.1. The van der Waals surface area contributed by atoms with Gasteiger partial charge in [-0.2, -0.15) is 0 Å². The topological polar surface area (TPSA) is 92.3 Å². The van der Waals surface area contributed by atoms with Crippen LogP contribution in [0, 0.1) is 0 Å². The first-order valence-electron chi connectivity index (χ1n) is 8.71. The SMILES string of the molecule is O=C(CN1C(=O)c2ccccc2C1=O)NCc1ccnc(-c2ccncc2)c1. The second-order valence-electron chi connectivity index (χ2n) is 6.30. The van der Waals surface area contributed by atoms with E-state index in [0.29, 0.717) is 11.1 Å². The van der Waals surface area contributed by atoms with Gasteiger partial charge in [0.25, 0.3) is 11.8 Å². The zero-order chi connectivity index (χ0) is 19.5. The highest BCUT2D eigenvalue weighted by Gasteiger charge is 2.36. The van der Waals surface area contributed by atoms with E-state index < -0.39 is 17.7 Å². The molecule has 28 heavy (non-hydrogen) atoms. The quantitative estimate of drug-likeness (QED) is 0.692. The number of carbonyl (C=O) groups is 3. The molecule has 0 atom stereocenters. The fourth-order valence-electron chi connectivity index (χ4n) is 3.05. The van der Waals surface area contributed by atoms with Crippen LogP contribution in [0.3, 0.4) is 0 Å². The fourth-order valence-corrected chi connectivity index (χ4v) is 3.05. The summed E-state index contributed by atoms with van der Waals surface area (Å²) in [6, 6.07) is 13.9. The monoisotopic (exact) mass is 372 g/mol. The van der Waals surface area contributed by atoms with Gasteiger partial charge in [-0.15, -0.1) is 0 Å². The molecule has 0 saturated heterocycles. The summed E-state index contributed by atoms with van der Waals surface area (Å²) < 4.78 is 0. The van der Waals surface area contributed by atoms with Gasteiger partial charge in [-0.25, -0.2) is 0 Å². The van der Waals surface area contributed by atoms with Crippen LogP contribution in [0.1, 0.15) is 26.3 Å². The maximum atomic E-state index is 12.3. The number of benzene rings is 1. The van der Waals surface area contributed by atoms with Gasteiger partial charge in [0.1, 0.15) is 6.54 Å². The third kappa shape index (κ3) is 3.37. The second-order valence-corrected chi connectivity index (χ2v) is 6.30. The van der Waals surface area contributed by atoms with Crippen molar-refractivity contribution in [3.8, 4) is 11.3 Å². The van der Waals surface area contributed by atoms with Gasteiger partial charge in [0.15, 0.2) is 0 Å². The molecular weight excluding hydrogens is 356 g/mol. The summed E-state index contributed by atoms with van der Waals surface area (Å²) in [7, 11) is 0. The molecule has 1 N–H and O–H groups in total. The van der Waals surface area contributed by atoms with Crippen LogP contribution in [-0.4, -0.2) is 39.1 Å². The van der Waals surface area contributed by atoms with Crippen molar-refractivity contribution in [3.63, 3.8) is 0 Å². The van der Waals surface area contributed by atoms with Crippen molar-refractivity contribution < 1.29 is 14.4 Å². The van der Waals surface area contributed by atoms with Crippen LogP contribution >= 0.6 is 0 Å². The van der Waals surface area contributed by atoms with E-state index in [1.165, 1.54) is 0 Å². The Morgan fingerprint density at radius 2 is 1.61 bits per heavy atom. The van der Waals surface area contributed by atoms with Crippen molar-refractivity contribution in [2.45, 2.75) is 6.54 Å². The van der Waals surface area contributed by atoms with Gasteiger partial charge in [-0.1, -0.05) is 12.1 Å². The molecule has 0 saturated carbocycles. The van der Waals surface area contributed by atoms with Crippen molar-refractivity contribution >= 4 is 17.7 Å². The van der Waals surface area contributed by atoms with E-state index in [0.717, 1.165) is 21.7 Å². The fraction of sp³-hybridized carbons (Fsp3) is 0.0952. The highest BCUT2D eigenvalue weighted by atomic mass is 16.2. The third-order valence-corrected chi connectivity index (χ3v) is 4.47. The van der Waals surface area contributed by atoms with E-state index >= 15 is 0 Å². The number of nitrogens with one attached hydrogen (secondary N) is 1. The molecule has 0 unspecified atom stereocenters. The van der Waals surface area contributed by atoms with Crippen LogP contribution < -0.4 is 5.32 Å². The van der Waals surface area contributed by atoms with E-state index in [1.807, 2.05) is 18.2 Å². The minimum absolute atomic E-state index is 0.266. The summed E-state index contributed by atoms with van der Waals surface area (Å²) in [6.45, 7) is -0.0444. The van der Waals surface area contributed by atoms with Gasteiger partial charge in [-0.3, -0.25) is 29.3 Å². The van der Waals surface area contributed by atoms with Gasteiger partial charge in [0.05, 0.1) is 16.8 Å². The van der Waals surface area contributed by atoms with Crippen LogP contribution in [0.2, 0.25) is 0 Å². The number of nitrogens with zero attached hydrogens (tertiary/aromatic N) is 3. The van der Waals surface area contributed by atoms with E-state index in [4.69, 9.17) is 0 Å². The molecule has 1 aliphatic heterocycles. The molecule has 1 aromatic carbocycles. The van der Waals surface area contributed by atoms with Crippen molar-refractivity contribution in [1.82, 2.24) is 20.2 Å². The largest absolute Gasteiger partial charge is 0.350 e. The predicted octanol–water partition coefficient (Wildman–Crippen LogP) is 2.06. The summed E-state index contributed by atoms with van der Waals surface area (Å²) in [5.74, 6) is -1.30. The average Bonchev–Trinajstić information content (AvgIpc) is 2.98. The van der Waals surface area contributed by atoms with Gasteiger partial charge in [0, 0.05) is 30.7 Å². The standard InChI is InChI=1S/C21H16N4O3/c26-19(13-25-20(27)16-3-1-2-4-17(16)21(25)28)24-12-14-5-10-23-18(11-14)15-6-8-22-9-7-15/h1-11H,12-13H2,(H,24,26). The molecule has 7 heteroatoms. The Hall–Kier alpha value is -3.87. The molecule has 0 spiro atoms. The Balaban J connectivity index is 1.39. The maximum Gasteiger partial charge on any atom is 0.262 e. The van der Waals surface area contributed by atoms with E-state index in [1.54, 1.807) is 48.9 Å². The van der Waals surface area contributed by atoms with Gasteiger partial charge in [0.2, 0.25) is 5.91 Å². The first kappa shape index (κ1) is 17.5. The Kier molecular flexibility index (Phi) is 4.63. The number of pyridine rings is 2. The molecule has 138 valence electrons. The zero-order valence-electron chi connectivity index (χ0n) is 14.8. The van der Waals surface area contributed by atoms with Gasteiger partial charge in [-0.05, 0) is 42.0 Å². The molecule has 7 nitrogen and oxygen atoms in total. The van der Waals surface area contributed by atoms with Crippen molar-refractivity contribution in [2.24, 2.45) is 0 Å². The normalized spacial score (nSPS) is 12.8. The van der Waals surface area contributed by atoms with E-state index in [-0.39, 0.29) is 13.1 Å². The lowest BCUT2D eigenvalue weighted by molar-refractivity contribution is -0.121. The molecular formula is C21H16N4O3. The zero-order valence-corrected chi connectivity index (χ0v) is 14.8. The van der Waals surface area contributed by atoms with Crippen LogP contribution in [0.4, 0.5) is 0 Å². The van der Waals surface area contributed by atoms with Crippen LogP contribution in [0.15, 0.2) is 67.1 Å². The lowest BCUT2D eigenvalue weighted by Gasteiger charge is -2.13.